The Labute approximate surface area is 113 Å². The van der Waals surface area contributed by atoms with Gasteiger partial charge in [-0.2, -0.15) is 0 Å². The zero-order valence-corrected chi connectivity index (χ0v) is 11.3. The number of pyridine rings is 1. The van der Waals surface area contributed by atoms with Crippen LogP contribution in [0.2, 0.25) is 0 Å². The molecule has 104 valence electrons. The molecule has 2 heterocycles. The zero-order chi connectivity index (χ0) is 13.7. The van der Waals surface area contributed by atoms with E-state index >= 15 is 0 Å². The molecule has 6 heteroatoms. The standard InChI is InChI=1S/C13H20N4O2/c1-17-6-5-10(9-17)7-15-13(18)16-11-3-4-12(19-2)14-8-11/h3-4,8,10H,5-7,9H2,1-2H3,(H2,15,16,18)/t10-/m1/s1. The number of amides is 2. The second kappa shape index (κ2) is 6.38. The molecule has 1 fully saturated rings. The number of likely N-dealkylation sites (tertiary alicyclic amines) is 1. The van der Waals surface area contributed by atoms with E-state index in [9.17, 15) is 4.79 Å². The van der Waals surface area contributed by atoms with Crippen LogP contribution in [-0.2, 0) is 0 Å². The Kier molecular flexibility index (Phi) is 4.57. The summed E-state index contributed by atoms with van der Waals surface area (Å²) in [5.74, 6) is 1.07. The van der Waals surface area contributed by atoms with Crippen molar-refractivity contribution in [3.8, 4) is 5.88 Å². The number of rotatable bonds is 4. The van der Waals surface area contributed by atoms with Crippen molar-refractivity contribution in [1.29, 1.82) is 0 Å². The molecule has 0 aromatic carbocycles. The fraction of sp³-hybridized carbons (Fsp3) is 0.538. The van der Waals surface area contributed by atoms with E-state index in [-0.39, 0.29) is 6.03 Å². The van der Waals surface area contributed by atoms with Crippen LogP contribution in [0.4, 0.5) is 10.5 Å². The molecule has 2 amide bonds. The van der Waals surface area contributed by atoms with Crippen molar-refractivity contribution in [3.63, 3.8) is 0 Å². The van der Waals surface area contributed by atoms with Crippen LogP contribution in [0.25, 0.3) is 0 Å². The van der Waals surface area contributed by atoms with Gasteiger partial charge in [0, 0.05) is 19.2 Å². The molecule has 2 rings (SSSR count). The highest BCUT2D eigenvalue weighted by molar-refractivity contribution is 5.88. The van der Waals surface area contributed by atoms with Crippen LogP contribution in [0, 0.1) is 5.92 Å². The van der Waals surface area contributed by atoms with Gasteiger partial charge in [0.25, 0.3) is 0 Å². The fourth-order valence-corrected chi connectivity index (χ4v) is 2.18. The van der Waals surface area contributed by atoms with Gasteiger partial charge < -0.3 is 20.3 Å². The van der Waals surface area contributed by atoms with Gasteiger partial charge in [-0.15, -0.1) is 0 Å². The highest BCUT2D eigenvalue weighted by Crippen LogP contribution is 2.13. The summed E-state index contributed by atoms with van der Waals surface area (Å²) < 4.78 is 4.96. The Bertz CT molecular complexity index is 421. The lowest BCUT2D eigenvalue weighted by Crippen LogP contribution is -2.33. The predicted molar refractivity (Wildman–Crippen MR) is 73.4 cm³/mol. The number of methoxy groups -OCH3 is 1. The lowest BCUT2D eigenvalue weighted by Gasteiger charge is -2.12. The van der Waals surface area contributed by atoms with Crippen molar-refractivity contribution < 1.29 is 9.53 Å². The lowest BCUT2D eigenvalue weighted by molar-refractivity contribution is 0.250. The van der Waals surface area contributed by atoms with Gasteiger partial charge in [0.05, 0.1) is 19.0 Å². The topological polar surface area (TPSA) is 66.5 Å². The summed E-state index contributed by atoms with van der Waals surface area (Å²) in [5.41, 5.74) is 0.654. The Morgan fingerprint density at radius 1 is 1.58 bits per heavy atom. The number of carbonyl (C=O) groups excluding carboxylic acids is 1. The highest BCUT2D eigenvalue weighted by atomic mass is 16.5. The Balaban J connectivity index is 1.74. The van der Waals surface area contributed by atoms with Gasteiger partial charge in [0.15, 0.2) is 0 Å². The summed E-state index contributed by atoms with van der Waals surface area (Å²) >= 11 is 0. The summed E-state index contributed by atoms with van der Waals surface area (Å²) in [6, 6.07) is 3.28. The maximum Gasteiger partial charge on any atom is 0.319 e. The van der Waals surface area contributed by atoms with Crippen LogP contribution in [0.15, 0.2) is 18.3 Å². The molecule has 0 radical (unpaired) electrons. The van der Waals surface area contributed by atoms with Gasteiger partial charge in [-0.25, -0.2) is 9.78 Å². The first-order valence-electron chi connectivity index (χ1n) is 6.41. The third-order valence-corrected chi connectivity index (χ3v) is 3.24. The van der Waals surface area contributed by atoms with Crippen molar-refractivity contribution in [3.05, 3.63) is 18.3 Å². The van der Waals surface area contributed by atoms with E-state index < -0.39 is 0 Å². The second-order valence-electron chi connectivity index (χ2n) is 4.84. The monoisotopic (exact) mass is 264 g/mol. The van der Waals surface area contributed by atoms with Gasteiger partial charge >= 0.3 is 6.03 Å². The fourth-order valence-electron chi connectivity index (χ4n) is 2.18. The van der Waals surface area contributed by atoms with E-state index in [2.05, 4.69) is 27.6 Å². The number of urea groups is 1. The molecule has 0 saturated carbocycles. The van der Waals surface area contributed by atoms with E-state index in [1.165, 1.54) is 0 Å². The summed E-state index contributed by atoms with van der Waals surface area (Å²) in [4.78, 5) is 18.0. The first-order valence-corrected chi connectivity index (χ1v) is 6.41. The molecule has 0 aliphatic carbocycles. The summed E-state index contributed by atoms with van der Waals surface area (Å²) in [6.07, 6.45) is 2.71. The third kappa shape index (κ3) is 4.10. The number of anilines is 1. The summed E-state index contributed by atoms with van der Waals surface area (Å²) in [7, 11) is 3.66. The van der Waals surface area contributed by atoms with Crippen molar-refractivity contribution in [2.45, 2.75) is 6.42 Å². The van der Waals surface area contributed by atoms with Crippen molar-refractivity contribution in [2.24, 2.45) is 5.92 Å². The average Bonchev–Trinajstić information content (AvgIpc) is 2.83. The lowest BCUT2D eigenvalue weighted by atomic mass is 10.1. The van der Waals surface area contributed by atoms with Gasteiger partial charge in [-0.3, -0.25) is 0 Å². The first kappa shape index (κ1) is 13.6. The van der Waals surface area contributed by atoms with Gasteiger partial charge in [-0.05, 0) is 32.0 Å². The van der Waals surface area contributed by atoms with Crippen LogP contribution in [0.1, 0.15) is 6.42 Å². The number of hydrogen-bond acceptors (Lipinski definition) is 4. The van der Waals surface area contributed by atoms with E-state index in [0.29, 0.717) is 24.0 Å². The maximum absolute atomic E-state index is 11.7. The average molecular weight is 264 g/mol. The molecule has 0 spiro atoms. The molecule has 2 N–H and O–H groups in total. The van der Waals surface area contributed by atoms with E-state index in [1.807, 2.05) is 0 Å². The maximum atomic E-state index is 11.7. The largest absolute Gasteiger partial charge is 0.481 e. The van der Waals surface area contributed by atoms with Crippen LogP contribution in [-0.4, -0.2) is 49.7 Å². The molecule has 1 aromatic heterocycles. The number of nitrogens with zero attached hydrogens (tertiary/aromatic N) is 2. The minimum absolute atomic E-state index is 0.193. The van der Waals surface area contributed by atoms with Crippen LogP contribution < -0.4 is 15.4 Å². The SMILES string of the molecule is COc1ccc(NC(=O)NC[C@H]2CCN(C)C2)cn1. The van der Waals surface area contributed by atoms with E-state index in [0.717, 1.165) is 19.5 Å². The Morgan fingerprint density at radius 3 is 3.00 bits per heavy atom. The molecule has 1 aliphatic rings. The van der Waals surface area contributed by atoms with Crippen LogP contribution >= 0.6 is 0 Å². The van der Waals surface area contributed by atoms with E-state index in [4.69, 9.17) is 4.74 Å². The molecule has 1 saturated heterocycles. The normalized spacial score (nSPS) is 19.2. The number of ether oxygens (including phenoxy) is 1. The molecule has 6 nitrogen and oxygen atoms in total. The molecule has 0 unspecified atom stereocenters. The third-order valence-electron chi connectivity index (χ3n) is 3.24. The Hall–Kier alpha value is -1.82. The summed E-state index contributed by atoms with van der Waals surface area (Å²) in [5, 5.41) is 5.63. The molecule has 1 atom stereocenters. The van der Waals surface area contributed by atoms with E-state index in [1.54, 1.807) is 25.4 Å². The number of nitrogens with one attached hydrogen (secondary N) is 2. The van der Waals surface area contributed by atoms with Crippen molar-refractivity contribution in [1.82, 2.24) is 15.2 Å². The van der Waals surface area contributed by atoms with Crippen LogP contribution in [0.5, 0.6) is 5.88 Å². The molecule has 0 bridgehead atoms. The van der Waals surface area contributed by atoms with Gasteiger partial charge in [0.1, 0.15) is 0 Å². The van der Waals surface area contributed by atoms with Gasteiger partial charge in [-0.1, -0.05) is 0 Å². The number of carbonyl (C=O) groups is 1. The van der Waals surface area contributed by atoms with Crippen molar-refractivity contribution >= 4 is 11.7 Å². The molecular weight excluding hydrogens is 244 g/mol. The van der Waals surface area contributed by atoms with Crippen LogP contribution in [0.3, 0.4) is 0 Å². The van der Waals surface area contributed by atoms with Gasteiger partial charge in [0.2, 0.25) is 5.88 Å². The molecular formula is C13H20N4O2. The zero-order valence-electron chi connectivity index (χ0n) is 11.3. The number of hydrogen-bond donors (Lipinski definition) is 2. The summed E-state index contributed by atoms with van der Waals surface area (Å²) in [6.45, 7) is 2.86. The second-order valence-corrected chi connectivity index (χ2v) is 4.84. The Morgan fingerprint density at radius 2 is 2.42 bits per heavy atom. The minimum Gasteiger partial charge on any atom is -0.481 e. The van der Waals surface area contributed by atoms with Crippen molar-refractivity contribution in [2.75, 3.05) is 39.1 Å². The predicted octanol–water partition coefficient (Wildman–Crippen LogP) is 1.16. The smallest absolute Gasteiger partial charge is 0.319 e. The molecule has 1 aliphatic heterocycles. The number of aromatic nitrogens is 1. The first-order chi connectivity index (χ1) is 9.17. The highest BCUT2D eigenvalue weighted by Gasteiger charge is 2.19. The molecule has 19 heavy (non-hydrogen) atoms. The quantitative estimate of drug-likeness (QED) is 0.856. The molecule has 1 aromatic rings. The minimum atomic E-state index is -0.193.